The fourth-order valence-electron chi connectivity index (χ4n) is 11.4. The molecule has 69 heavy (non-hydrogen) atoms. The number of hydrogen-bond acceptors (Lipinski definition) is 2. The third-order valence-corrected chi connectivity index (χ3v) is 14.4. The first-order valence-corrected chi connectivity index (χ1v) is 23.6. The lowest BCUT2D eigenvalue weighted by Crippen LogP contribution is -1.98. The molecule has 4 heterocycles. The van der Waals surface area contributed by atoms with Crippen LogP contribution in [0.15, 0.2) is 237 Å². The summed E-state index contributed by atoms with van der Waals surface area (Å²) in [5.74, 6) is 0.699. The fourth-order valence-corrected chi connectivity index (χ4v) is 11.4. The Balaban J connectivity index is 0.913. The number of fused-ring (bicyclic) bond motifs is 12. The van der Waals surface area contributed by atoms with Crippen LogP contribution in [0.4, 0.5) is 0 Å². The van der Waals surface area contributed by atoms with E-state index in [1.165, 1.54) is 70.8 Å². The average Bonchev–Trinajstić information content (AvgIpc) is 4.06. The molecule has 0 aliphatic rings. The molecule has 0 N–H and O–H groups in total. The summed E-state index contributed by atoms with van der Waals surface area (Å²) in [6.45, 7) is 0. The fraction of sp³-hybridized carbons (Fsp3) is 0. The molecule has 11 aromatic carbocycles. The highest BCUT2D eigenvalue weighted by Gasteiger charge is 2.23. The van der Waals surface area contributed by atoms with E-state index in [1.807, 2.05) is 0 Å². The van der Waals surface area contributed by atoms with Gasteiger partial charge in [-0.15, -0.1) is 0 Å². The van der Waals surface area contributed by atoms with E-state index in [0.29, 0.717) is 5.82 Å². The van der Waals surface area contributed by atoms with E-state index in [2.05, 4.69) is 250 Å². The zero-order valence-corrected chi connectivity index (χ0v) is 37.3. The van der Waals surface area contributed by atoms with Crippen LogP contribution in [0.1, 0.15) is 0 Å². The van der Waals surface area contributed by atoms with Gasteiger partial charge in [-0.1, -0.05) is 164 Å². The summed E-state index contributed by atoms with van der Waals surface area (Å²) < 4.78 is 7.32. The van der Waals surface area contributed by atoms with Gasteiger partial charge >= 0.3 is 0 Å². The van der Waals surface area contributed by atoms with Gasteiger partial charge in [-0.3, -0.25) is 0 Å². The largest absolute Gasteiger partial charge is 0.309 e. The van der Waals surface area contributed by atoms with Crippen molar-refractivity contribution in [3.8, 4) is 39.7 Å². The monoisotopic (exact) mass is 877 g/mol. The molecule has 0 atom stereocenters. The Labute approximate surface area is 396 Å². The summed E-state index contributed by atoms with van der Waals surface area (Å²) in [4.78, 5) is 10.7. The first-order chi connectivity index (χ1) is 34.2. The number of benzene rings is 11. The summed E-state index contributed by atoms with van der Waals surface area (Å²) in [5, 5.41) is 13.0. The minimum absolute atomic E-state index is 0.699. The van der Waals surface area contributed by atoms with Crippen molar-refractivity contribution in [1.29, 1.82) is 0 Å². The lowest BCUT2D eigenvalue weighted by atomic mass is 9.99. The van der Waals surface area contributed by atoms with Gasteiger partial charge in [0.1, 0.15) is 0 Å². The van der Waals surface area contributed by atoms with Crippen LogP contribution in [0.2, 0.25) is 0 Å². The highest BCUT2D eigenvalue weighted by molar-refractivity contribution is 6.22. The number of aromatic nitrogens is 5. The van der Waals surface area contributed by atoms with E-state index < -0.39 is 0 Å². The number of para-hydroxylation sites is 6. The van der Waals surface area contributed by atoms with E-state index in [4.69, 9.17) is 9.97 Å². The second kappa shape index (κ2) is 14.6. The smallest absolute Gasteiger partial charge is 0.160 e. The van der Waals surface area contributed by atoms with Crippen LogP contribution in [0, 0.1) is 0 Å². The molecular formula is C64H39N5. The Morgan fingerprint density at radius 3 is 1.58 bits per heavy atom. The third-order valence-electron chi connectivity index (χ3n) is 14.4. The van der Waals surface area contributed by atoms with Crippen molar-refractivity contribution in [3.63, 3.8) is 0 Å². The molecule has 0 radical (unpaired) electrons. The Bertz CT molecular complexity index is 4560. The van der Waals surface area contributed by atoms with Crippen LogP contribution in [0.3, 0.4) is 0 Å². The van der Waals surface area contributed by atoms with E-state index in [1.54, 1.807) is 0 Å². The molecule has 4 aromatic heterocycles. The van der Waals surface area contributed by atoms with Crippen molar-refractivity contribution in [3.05, 3.63) is 237 Å². The van der Waals surface area contributed by atoms with Gasteiger partial charge in [0.2, 0.25) is 0 Å². The maximum Gasteiger partial charge on any atom is 0.160 e. The van der Waals surface area contributed by atoms with Crippen molar-refractivity contribution in [2.45, 2.75) is 0 Å². The minimum Gasteiger partial charge on any atom is -0.309 e. The van der Waals surface area contributed by atoms with Crippen molar-refractivity contribution in [2.24, 2.45) is 0 Å². The standard InChI is InChI=1S/C64H39N5/c1-2-18-44(19-3-1)67-56-30-14-9-24-50(56)60-52(26-16-32-58(60)67)62-49-23-6-11-27-53(49)65-64(66-62)43-34-33-41-38-45(36-35-40(41)37-43)68-57-31-15-10-25-51(57)61-59(68)39-42-17-4-5-20-46(42)63(61)69-54-28-12-7-21-47(54)48-22-8-13-29-55(48)69/h1-39H. The summed E-state index contributed by atoms with van der Waals surface area (Å²) in [5.41, 5.74) is 14.4. The molecule has 15 aromatic rings. The van der Waals surface area contributed by atoms with E-state index in [-0.39, 0.29) is 0 Å². The zero-order valence-electron chi connectivity index (χ0n) is 37.3. The SMILES string of the molecule is c1ccc(-n2c3ccccc3c3c(-c4nc(-c5ccc6cc(-n7c8ccccc8c8c(-n9c%10ccccc%10c%10ccccc%109)c9ccccc9cc87)ccc6c5)nc5ccccc45)cccc32)cc1. The van der Waals surface area contributed by atoms with Crippen LogP contribution >= 0.6 is 0 Å². The van der Waals surface area contributed by atoms with Crippen LogP contribution < -0.4 is 0 Å². The van der Waals surface area contributed by atoms with Gasteiger partial charge in [-0.25, -0.2) is 9.97 Å². The maximum absolute atomic E-state index is 5.48. The van der Waals surface area contributed by atoms with Gasteiger partial charge in [-0.05, 0) is 89.0 Å². The van der Waals surface area contributed by atoms with Gasteiger partial charge in [0.25, 0.3) is 0 Å². The molecule has 0 spiro atoms. The van der Waals surface area contributed by atoms with E-state index in [9.17, 15) is 0 Å². The highest BCUT2D eigenvalue weighted by Crippen LogP contribution is 2.45. The second-order valence-electron chi connectivity index (χ2n) is 18.1. The summed E-state index contributed by atoms with van der Waals surface area (Å²) in [6, 6.07) is 85.5. The molecular weight excluding hydrogens is 839 g/mol. The van der Waals surface area contributed by atoms with Crippen molar-refractivity contribution in [1.82, 2.24) is 23.7 Å². The topological polar surface area (TPSA) is 40.6 Å². The molecule has 0 fully saturated rings. The quantitative estimate of drug-likeness (QED) is 0.173. The third kappa shape index (κ3) is 5.53. The molecule has 0 saturated heterocycles. The average molecular weight is 878 g/mol. The van der Waals surface area contributed by atoms with Crippen LogP contribution in [0.25, 0.3) is 138 Å². The summed E-state index contributed by atoms with van der Waals surface area (Å²) in [6.07, 6.45) is 0. The normalized spacial score (nSPS) is 12.1. The van der Waals surface area contributed by atoms with Gasteiger partial charge in [0.15, 0.2) is 5.82 Å². The Kier molecular flexibility index (Phi) is 8.00. The minimum atomic E-state index is 0.699. The predicted molar refractivity (Wildman–Crippen MR) is 288 cm³/mol. The van der Waals surface area contributed by atoms with Gasteiger partial charge < -0.3 is 13.7 Å². The molecule has 0 saturated carbocycles. The molecule has 5 nitrogen and oxygen atoms in total. The first-order valence-electron chi connectivity index (χ1n) is 23.6. The Hall–Kier alpha value is -9.32. The lowest BCUT2D eigenvalue weighted by Gasteiger charge is -2.15. The van der Waals surface area contributed by atoms with Crippen LogP contribution in [-0.4, -0.2) is 23.7 Å². The zero-order chi connectivity index (χ0) is 45.2. The lowest BCUT2D eigenvalue weighted by molar-refractivity contribution is 1.18. The number of rotatable bonds is 5. The van der Waals surface area contributed by atoms with Crippen molar-refractivity contribution >= 4 is 97.9 Å². The van der Waals surface area contributed by atoms with Crippen LogP contribution in [-0.2, 0) is 0 Å². The Morgan fingerprint density at radius 2 is 0.841 bits per heavy atom. The Morgan fingerprint density at radius 1 is 0.290 bits per heavy atom. The molecule has 0 aliphatic carbocycles. The van der Waals surface area contributed by atoms with Crippen molar-refractivity contribution < 1.29 is 0 Å². The van der Waals surface area contributed by atoms with Crippen LogP contribution in [0.5, 0.6) is 0 Å². The first kappa shape index (κ1) is 37.9. The summed E-state index contributed by atoms with van der Waals surface area (Å²) in [7, 11) is 0. The van der Waals surface area contributed by atoms with E-state index in [0.717, 1.165) is 60.9 Å². The molecule has 0 aliphatic heterocycles. The number of hydrogen-bond donors (Lipinski definition) is 0. The second-order valence-corrected chi connectivity index (χ2v) is 18.1. The number of nitrogens with zero attached hydrogens (tertiary/aromatic N) is 5. The van der Waals surface area contributed by atoms with E-state index >= 15 is 0 Å². The molecule has 320 valence electrons. The van der Waals surface area contributed by atoms with Gasteiger partial charge in [0.05, 0.1) is 50.0 Å². The van der Waals surface area contributed by atoms with Gasteiger partial charge in [-0.2, -0.15) is 0 Å². The highest BCUT2D eigenvalue weighted by atomic mass is 15.0. The van der Waals surface area contributed by atoms with Crippen molar-refractivity contribution in [2.75, 3.05) is 0 Å². The van der Waals surface area contributed by atoms with Gasteiger partial charge in [0, 0.05) is 65.6 Å². The predicted octanol–water partition coefficient (Wildman–Crippen LogP) is 16.6. The molecule has 0 unspecified atom stereocenters. The molecule has 5 heteroatoms. The summed E-state index contributed by atoms with van der Waals surface area (Å²) >= 11 is 0. The molecule has 15 rings (SSSR count). The molecule has 0 bridgehead atoms. The maximum atomic E-state index is 5.48. The molecule has 0 amide bonds.